The zero-order valence-electron chi connectivity index (χ0n) is 15.5. The summed E-state index contributed by atoms with van der Waals surface area (Å²) in [6, 6.07) is -0.354. The Morgan fingerprint density at radius 2 is 2.14 bits per heavy atom. The van der Waals surface area contributed by atoms with Crippen molar-refractivity contribution in [2.45, 2.75) is 31.1 Å². The highest BCUT2D eigenvalue weighted by Gasteiger charge is 2.44. The van der Waals surface area contributed by atoms with Gasteiger partial charge in [-0.05, 0) is 31.0 Å². The molecular formula is C19H21ClN6O2S. The Morgan fingerprint density at radius 1 is 1.28 bits per heavy atom. The Hall–Kier alpha value is -2.04. The molecule has 3 aromatic heterocycles. The predicted molar refractivity (Wildman–Crippen MR) is 113 cm³/mol. The van der Waals surface area contributed by atoms with E-state index < -0.39 is 12.2 Å². The van der Waals surface area contributed by atoms with E-state index in [0.29, 0.717) is 17.5 Å². The first-order valence-corrected chi connectivity index (χ1v) is 10.8. The van der Waals surface area contributed by atoms with Crippen LogP contribution in [0.4, 0.5) is 5.82 Å². The van der Waals surface area contributed by atoms with Crippen LogP contribution in [0.5, 0.6) is 0 Å². The third kappa shape index (κ3) is 3.13. The fourth-order valence-corrected chi connectivity index (χ4v) is 5.38. The topological polar surface area (TPSA) is 122 Å². The van der Waals surface area contributed by atoms with Gasteiger partial charge in [0, 0.05) is 35.8 Å². The van der Waals surface area contributed by atoms with Crippen LogP contribution in [0.1, 0.15) is 18.9 Å². The molecule has 0 radical (unpaired) electrons. The molecule has 8 nitrogen and oxygen atoms in total. The number of thiazole rings is 1. The van der Waals surface area contributed by atoms with Crippen molar-refractivity contribution in [2.24, 2.45) is 5.92 Å². The standard InChI is InChI=1S/C19H21ClN6O2S/c20-19-24-16(21)13-11(18-23-5-6-29-18)8-26(17(13)25-19)12-7-10(14(27)15(12)28)9-1-3-22-4-2-9/h1,5-6,8,10,12,14-15,22,27-28H,2-4,7H2,(H2,21,24,25)/t10-,12-,14-,15+/m1/s1. The summed E-state index contributed by atoms with van der Waals surface area (Å²) in [4.78, 5) is 12.9. The van der Waals surface area contributed by atoms with E-state index in [9.17, 15) is 10.2 Å². The Morgan fingerprint density at radius 3 is 2.86 bits per heavy atom. The summed E-state index contributed by atoms with van der Waals surface area (Å²) in [5.74, 6) is 0.183. The lowest BCUT2D eigenvalue weighted by Crippen LogP contribution is -2.31. The molecule has 0 saturated heterocycles. The van der Waals surface area contributed by atoms with Crippen molar-refractivity contribution in [1.29, 1.82) is 0 Å². The van der Waals surface area contributed by atoms with Crippen LogP contribution in [0.3, 0.4) is 0 Å². The number of fused-ring (bicyclic) bond motifs is 1. The van der Waals surface area contributed by atoms with Crippen LogP contribution in [-0.4, -0.2) is 55.0 Å². The number of nitrogen functional groups attached to an aromatic ring is 1. The molecule has 1 saturated carbocycles. The fraction of sp³-hybridized carbons (Fsp3) is 0.421. The van der Waals surface area contributed by atoms with Crippen LogP contribution in [0.25, 0.3) is 21.6 Å². The maximum Gasteiger partial charge on any atom is 0.226 e. The quantitative estimate of drug-likeness (QED) is 0.368. The van der Waals surface area contributed by atoms with Gasteiger partial charge in [-0.2, -0.15) is 4.98 Å². The number of nitrogens with one attached hydrogen (secondary N) is 1. The molecule has 0 amide bonds. The van der Waals surface area contributed by atoms with Crippen LogP contribution in [-0.2, 0) is 0 Å². The summed E-state index contributed by atoms with van der Waals surface area (Å²) >= 11 is 7.58. The smallest absolute Gasteiger partial charge is 0.226 e. The van der Waals surface area contributed by atoms with E-state index in [1.54, 1.807) is 6.20 Å². The minimum Gasteiger partial charge on any atom is -0.390 e. The molecule has 0 aromatic carbocycles. The van der Waals surface area contributed by atoms with Crippen LogP contribution < -0.4 is 11.1 Å². The molecule has 0 spiro atoms. The Bertz CT molecular complexity index is 1080. The van der Waals surface area contributed by atoms with Crippen LogP contribution in [0.2, 0.25) is 5.28 Å². The zero-order valence-corrected chi connectivity index (χ0v) is 17.1. The van der Waals surface area contributed by atoms with Crippen LogP contribution in [0.15, 0.2) is 29.4 Å². The van der Waals surface area contributed by atoms with Gasteiger partial charge in [0.05, 0.1) is 17.5 Å². The van der Waals surface area contributed by atoms with Crippen molar-refractivity contribution in [2.75, 3.05) is 18.8 Å². The average molecular weight is 433 g/mol. The lowest BCUT2D eigenvalue weighted by molar-refractivity contribution is 0.0117. The third-order valence-electron chi connectivity index (χ3n) is 5.92. The highest BCUT2D eigenvalue weighted by atomic mass is 35.5. The van der Waals surface area contributed by atoms with E-state index in [0.717, 1.165) is 30.1 Å². The Kier molecular flexibility index (Phi) is 4.79. The monoisotopic (exact) mass is 432 g/mol. The number of nitrogens with zero attached hydrogens (tertiary/aromatic N) is 4. The number of hydrogen-bond donors (Lipinski definition) is 4. The summed E-state index contributed by atoms with van der Waals surface area (Å²) in [6.07, 6.45) is 5.47. The number of aromatic nitrogens is 4. The van der Waals surface area contributed by atoms with Gasteiger partial charge in [0.15, 0.2) is 0 Å². The molecule has 152 valence electrons. The second-order valence-electron chi connectivity index (χ2n) is 7.49. The summed E-state index contributed by atoms with van der Waals surface area (Å²) < 4.78 is 1.88. The minimum atomic E-state index is -0.925. The van der Waals surface area contributed by atoms with Crippen molar-refractivity contribution in [3.63, 3.8) is 0 Å². The first kappa shape index (κ1) is 19.0. The van der Waals surface area contributed by atoms with Gasteiger partial charge in [-0.15, -0.1) is 11.3 Å². The maximum absolute atomic E-state index is 10.9. The molecule has 1 fully saturated rings. The van der Waals surface area contributed by atoms with E-state index in [1.165, 1.54) is 16.9 Å². The van der Waals surface area contributed by atoms with E-state index in [-0.39, 0.29) is 23.1 Å². The number of rotatable bonds is 3. The average Bonchev–Trinajstić information content (AvgIpc) is 3.42. The van der Waals surface area contributed by atoms with Gasteiger partial charge < -0.3 is 25.8 Å². The van der Waals surface area contributed by atoms with E-state index >= 15 is 0 Å². The molecule has 4 atom stereocenters. The van der Waals surface area contributed by atoms with Crippen molar-refractivity contribution in [3.8, 4) is 10.6 Å². The lowest BCUT2D eigenvalue weighted by Gasteiger charge is -2.22. The number of nitrogens with two attached hydrogens (primary N) is 1. The second kappa shape index (κ2) is 7.33. The van der Waals surface area contributed by atoms with Gasteiger partial charge in [0.2, 0.25) is 5.28 Å². The summed E-state index contributed by atoms with van der Waals surface area (Å²) in [7, 11) is 0. The molecule has 1 aliphatic carbocycles. The molecule has 0 unspecified atom stereocenters. The minimum absolute atomic E-state index is 0.0469. The van der Waals surface area contributed by atoms with Crippen molar-refractivity contribution in [3.05, 3.63) is 34.7 Å². The first-order chi connectivity index (χ1) is 14.0. The Balaban J connectivity index is 1.62. The number of aliphatic hydroxyl groups excluding tert-OH is 2. The third-order valence-corrected chi connectivity index (χ3v) is 6.90. The van der Waals surface area contributed by atoms with Gasteiger partial charge in [-0.1, -0.05) is 11.6 Å². The van der Waals surface area contributed by atoms with Crippen molar-refractivity contribution in [1.82, 2.24) is 24.8 Å². The van der Waals surface area contributed by atoms with Gasteiger partial charge in [-0.25, -0.2) is 9.97 Å². The SMILES string of the molecule is Nc1nc(Cl)nc2c1c(-c1nccs1)cn2[C@@H]1C[C@H](C2=CCNCC2)[C@@H](O)[C@H]1O. The van der Waals surface area contributed by atoms with E-state index in [2.05, 4.69) is 26.3 Å². The molecular weight excluding hydrogens is 412 g/mol. The highest BCUT2D eigenvalue weighted by molar-refractivity contribution is 7.13. The molecule has 29 heavy (non-hydrogen) atoms. The number of anilines is 1. The summed E-state index contributed by atoms with van der Waals surface area (Å²) in [6.45, 7) is 1.68. The summed E-state index contributed by atoms with van der Waals surface area (Å²) in [5.41, 5.74) is 8.72. The largest absolute Gasteiger partial charge is 0.390 e. The number of halogens is 1. The van der Waals surface area contributed by atoms with E-state index in [4.69, 9.17) is 17.3 Å². The van der Waals surface area contributed by atoms with Gasteiger partial charge >= 0.3 is 0 Å². The molecule has 0 bridgehead atoms. The molecule has 5 rings (SSSR count). The van der Waals surface area contributed by atoms with Gasteiger partial charge in [0.25, 0.3) is 0 Å². The molecule has 5 N–H and O–H groups in total. The summed E-state index contributed by atoms with van der Waals surface area (Å²) in [5, 5.41) is 28.4. The van der Waals surface area contributed by atoms with Gasteiger partial charge in [0.1, 0.15) is 22.6 Å². The van der Waals surface area contributed by atoms with Gasteiger partial charge in [-0.3, -0.25) is 0 Å². The van der Waals surface area contributed by atoms with Crippen molar-refractivity contribution < 1.29 is 10.2 Å². The first-order valence-electron chi connectivity index (χ1n) is 9.53. The normalized spacial score (nSPS) is 27.5. The fourth-order valence-electron chi connectivity index (χ4n) is 4.55. The molecule has 1 aliphatic heterocycles. The predicted octanol–water partition coefficient (Wildman–Crippen LogP) is 1.99. The lowest BCUT2D eigenvalue weighted by atomic mass is 9.91. The Labute approximate surface area is 176 Å². The molecule has 10 heteroatoms. The molecule has 2 aliphatic rings. The number of hydrogen-bond acceptors (Lipinski definition) is 8. The zero-order chi connectivity index (χ0) is 20.1. The number of aliphatic hydroxyl groups is 2. The highest BCUT2D eigenvalue weighted by Crippen LogP contribution is 2.44. The molecule has 3 aromatic rings. The van der Waals surface area contributed by atoms with Crippen LogP contribution in [0, 0.1) is 5.92 Å². The van der Waals surface area contributed by atoms with Crippen molar-refractivity contribution >= 4 is 39.8 Å². The van der Waals surface area contributed by atoms with Crippen LogP contribution >= 0.6 is 22.9 Å². The second-order valence-corrected chi connectivity index (χ2v) is 8.72. The maximum atomic E-state index is 10.9. The van der Waals surface area contributed by atoms with E-state index in [1.807, 2.05) is 16.1 Å². The molecule has 4 heterocycles.